The molecule has 154 valence electrons. The van der Waals surface area contributed by atoms with Gasteiger partial charge in [-0.2, -0.15) is 0 Å². The highest BCUT2D eigenvalue weighted by Gasteiger charge is 2.51. The third-order valence-electron chi connectivity index (χ3n) is 4.92. The molecule has 0 saturated heterocycles. The van der Waals surface area contributed by atoms with Crippen LogP contribution in [0.25, 0.3) is 0 Å². The molecule has 0 aliphatic heterocycles. The Morgan fingerprint density at radius 3 is 1.86 bits per heavy atom. The number of aromatic nitrogens is 1. The SMILES string of the molecule is CC(O[Si](c1ccccc1)(c1ccccc1)C(C)(C)C)c1cnc(S(N)(=O)=O)s1. The van der Waals surface area contributed by atoms with Gasteiger partial charge in [-0.25, -0.2) is 18.5 Å². The maximum atomic E-state index is 11.6. The van der Waals surface area contributed by atoms with E-state index in [0.29, 0.717) is 0 Å². The van der Waals surface area contributed by atoms with E-state index < -0.39 is 18.3 Å². The van der Waals surface area contributed by atoms with Crippen LogP contribution in [0, 0.1) is 0 Å². The number of sulfonamides is 1. The van der Waals surface area contributed by atoms with Crippen molar-refractivity contribution in [1.82, 2.24) is 4.98 Å². The van der Waals surface area contributed by atoms with Gasteiger partial charge in [0.05, 0.1) is 11.0 Å². The molecule has 1 unspecified atom stereocenters. The van der Waals surface area contributed by atoms with Gasteiger partial charge >= 0.3 is 0 Å². The van der Waals surface area contributed by atoms with Crippen molar-refractivity contribution in [3.8, 4) is 0 Å². The number of primary sulfonamides is 1. The predicted molar refractivity (Wildman–Crippen MR) is 121 cm³/mol. The molecule has 0 bridgehead atoms. The van der Waals surface area contributed by atoms with E-state index in [-0.39, 0.29) is 15.5 Å². The summed E-state index contributed by atoms with van der Waals surface area (Å²) in [7, 11) is -6.56. The molecule has 29 heavy (non-hydrogen) atoms. The van der Waals surface area contributed by atoms with Crippen LogP contribution in [0.5, 0.6) is 0 Å². The van der Waals surface area contributed by atoms with E-state index in [1.165, 1.54) is 10.4 Å². The number of hydrogen-bond donors (Lipinski definition) is 1. The van der Waals surface area contributed by atoms with E-state index in [4.69, 9.17) is 9.56 Å². The molecule has 0 saturated carbocycles. The molecule has 8 heteroatoms. The van der Waals surface area contributed by atoms with Crippen LogP contribution in [0.2, 0.25) is 5.04 Å². The quantitative estimate of drug-likeness (QED) is 0.588. The van der Waals surface area contributed by atoms with Gasteiger partial charge in [-0.15, -0.1) is 11.3 Å². The maximum absolute atomic E-state index is 11.6. The van der Waals surface area contributed by atoms with Crippen LogP contribution in [-0.2, 0) is 14.4 Å². The minimum absolute atomic E-state index is 0.0922. The Hall–Kier alpha value is -1.84. The highest BCUT2D eigenvalue weighted by Crippen LogP contribution is 2.40. The first-order chi connectivity index (χ1) is 13.6. The van der Waals surface area contributed by atoms with Crippen molar-refractivity contribution in [3.63, 3.8) is 0 Å². The number of nitrogens with two attached hydrogens (primary N) is 1. The fourth-order valence-corrected chi connectivity index (χ4v) is 9.94. The minimum Gasteiger partial charge on any atom is -0.400 e. The molecule has 0 spiro atoms. The molecule has 3 aromatic rings. The summed E-state index contributed by atoms with van der Waals surface area (Å²) >= 11 is 1.06. The van der Waals surface area contributed by atoms with Crippen LogP contribution in [0.3, 0.4) is 0 Å². The van der Waals surface area contributed by atoms with E-state index >= 15 is 0 Å². The van der Waals surface area contributed by atoms with Gasteiger partial charge in [-0.05, 0) is 22.3 Å². The Morgan fingerprint density at radius 2 is 1.48 bits per heavy atom. The lowest BCUT2D eigenvalue weighted by atomic mass is 10.2. The zero-order valence-corrected chi connectivity index (χ0v) is 19.6. The molecule has 0 amide bonds. The van der Waals surface area contributed by atoms with Gasteiger partial charge in [0, 0.05) is 6.20 Å². The largest absolute Gasteiger partial charge is 0.400 e. The second-order valence-electron chi connectivity index (χ2n) is 8.00. The van der Waals surface area contributed by atoms with Crippen LogP contribution in [0.1, 0.15) is 38.7 Å². The zero-order valence-electron chi connectivity index (χ0n) is 17.0. The lowest BCUT2D eigenvalue weighted by Crippen LogP contribution is -2.66. The monoisotopic (exact) mass is 446 g/mol. The van der Waals surface area contributed by atoms with Gasteiger partial charge in [0.15, 0.2) is 0 Å². The predicted octanol–water partition coefficient (Wildman–Crippen LogP) is 3.43. The Labute approximate surface area is 177 Å². The number of rotatable bonds is 6. The van der Waals surface area contributed by atoms with E-state index in [2.05, 4.69) is 50.0 Å². The van der Waals surface area contributed by atoms with E-state index in [1.807, 2.05) is 43.3 Å². The van der Waals surface area contributed by atoms with Crippen molar-refractivity contribution in [2.45, 2.75) is 43.2 Å². The Balaban J connectivity index is 2.14. The van der Waals surface area contributed by atoms with Gasteiger partial charge < -0.3 is 4.43 Å². The van der Waals surface area contributed by atoms with Crippen LogP contribution < -0.4 is 15.5 Å². The molecule has 5 nitrogen and oxygen atoms in total. The minimum atomic E-state index is -3.83. The van der Waals surface area contributed by atoms with Gasteiger partial charge in [-0.3, -0.25) is 0 Å². The van der Waals surface area contributed by atoms with Crippen LogP contribution in [0.4, 0.5) is 0 Å². The van der Waals surface area contributed by atoms with Crippen molar-refractivity contribution < 1.29 is 12.8 Å². The summed E-state index contributed by atoms with van der Waals surface area (Å²) in [6, 6.07) is 20.6. The van der Waals surface area contributed by atoms with Gasteiger partial charge in [0.1, 0.15) is 0 Å². The third-order valence-corrected chi connectivity index (χ3v) is 12.5. The van der Waals surface area contributed by atoms with Crippen molar-refractivity contribution in [3.05, 3.63) is 71.7 Å². The highest BCUT2D eigenvalue weighted by molar-refractivity contribution is 7.91. The smallest absolute Gasteiger partial charge is 0.265 e. The van der Waals surface area contributed by atoms with Crippen LogP contribution in [0.15, 0.2) is 71.2 Å². The number of hydrogen-bond acceptors (Lipinski definition) is 5. The second-order valence-corrected chi connectivity index (χ2v) is 15.0. The molecule has 0 aliphatic carbocycles. The van der Waals surface area contributed by atoms with Crippen molar-refractivity contribution in [2.24, 2.45) is 5.14 Å². The standard InChI is InChI=1S/C21H26N2O3S2Si/c1-16(19-15-23-20(27-19)28(22,24)25)26-29(21(2,3)4,17-11-7-5-8-12-17)18-13-9-6-10-14-18/h5-16H,1-4H3,(H2,22,24,25). The number of thiazole rings is 1. The molecule has 3 rings (SSSR count). The zero-order chi connectivity index (χ0) is 21.3. The van der Waals surface area contributed by atoms with Crippen molar-refractivity contribution in [2.75, 3.05) is 0 Å². The Bertz CT molecular complexity index is 1020. The molecular weight excluding hydrogens is 420 g/mol. The fraction of sp³-hybridized carbons (Fsp3) is 0.286. The summed E-state index contributed by atoms with van der Waals surface area (Å²) in [6.07, 6.45) is 1.21. The molecule has 0 radical (unpaired) electrons. The molecule has 1 atom stereocenters. The topological polar surface area (TPSA) is 82.3 Å². The molecule has 2 aromatic carbocycles. The average Bonchev–Trinajstić information content (AvgIpc) is 3.17. The van der Waals surface area contributed by atoms with E-state index in [9.17, 15) is 8.42 Å². The second kappa shape index (κ2) is 8.12. The number of benzene rings is 2. The molecular formula is C21H26N2O3S2Si. The summed E-state index contributed by atoms with van der Waals surface area (Å²) in [5, 5.41) is 7.40. The van der Waals surface area contributed by atoms with Gasteiger partial charge in [-0.1, -0.05) is 81.4 Å². The molecule has 0 fully saturated rings. The first-order valence-electron chi connectivity index (χ1n) is 9.33. The molecule has 1 aromatic heterocycles. The first kappa shape index (κ1) is 21.9. The Kier molecular flexibility index (Phi) is 6.12. The fourth-order valence-electron chi connectivity index (χ4n) is 3.60. The lowest BCUT2D eigenvalue weighted by Gasteiger charge is -2.44. The highest BCUT2D eigenvalue weighted by atomic mass is 32.2. The summed E-state index contributed by atoms with van der Waals surface area (Å²) in [4.78, 5) is 4.73. The lowest BCUT2D eigenvalue weighted by molar-refractivity contribution is 0.214. The number of nitrogens with zero attached hydrogens (tertiary/aromatic N) is 1. The normalized spacial score (nSPS) is 14.0. The maximum Gasteiger partial charge on any atom is 0.265 e. The van der Waals surface area contributed by atoms with E-state index in [1.54, 1.807) is 6.20 Å². The summed E-state index contributed by atoms with van der Waals surface area (Å²) in [6.45, 7) is 8.55. The molecule has 1 heterocycles. The van der Waals surface area contributed by atoms with Crippen molar-refractivity contribution in [1.29, 1.82) is 0 Å². The summed E-state index contributed by atoms with van der Waals surface area (Å²) in [5.74, 6) is 0. The van der Waals surface area contributed by atoms with Crippen molar-refractivity contribution >= 4 is 40.1 Å². The molecule has 2 N–H and O–H groups in total. The average molecular weight is 447 g/mol. The van der Waals surface area contributed by atoms with Gasteiger partial charge in [0.25, 0.3) is 18.3 Å². The van der Waals surface area contributed by atoms with Crippen LogP contribution in [-0.4, -0.2) is 21.7 Å². The Morgan fingerprint density at radius 1 is 1.00 bits per heavy atom. The van der Waals surface area contributed by atoms with Gasteiger partial charge in [0.2, 0.25) is 4.34 Å². The third kappa shape index (κ3) is 4.36. The summed E-state index contributed by atoms with van der Waals surface area (Å²) in [5.41, 5.74) is 0. The first-order valence-corrected chi connectivity index (χ1v) is 13.6. The van der Waals surface area contributed by atoms with E-state index in [0.717, 1.165) is 16.2 Å². The van der Waals surface area contributed by atoms with Crippen LogP contribution >= 0.6 is 11.3 Å². The summed E-state index contributed by atoms with van der Waals surface area (Å²) < 4.78 is 30.2. The molecule has 0 aliphatic rings.